The lowest BCUT2D eigenvalue weighted by Gasteiger charge is -2.35. The van der Waals surface area contributed by atoms with Crippen molar-refractivity contribution in [2.24, 2.45) is 18.9 Å². The summed E-state index contributed by atoms with van der Waals surface area (Å²) in [6.45, 7) is 0.988. The molecule has 0 saturated heterocycles. The number of carbonyl (C=O) groups excluding carboxylic acids is 1. The van der Waals surface area contributed by atoms with Crippen LogP contribution in [0.4, 0.5) is 18.9 Å². The van der Waals surface area contributed by atoms with E-state index in [-0.39, 0.29) is 35.6 Å². The number of amides is 1. The van der Waals surface area contributed by atoms with Gasteiger partial charge in [0.25, 0.3) is 5.91 Å². The van der Waals surface area contributed by atoms with Crippen molar-refractivity contribution in [3.63, 3.8) is 0 Å². The van der Waals surface area contributed by atoms with Gasteiger partial charge in [-0.2, -0.15) is 0 Å². The van der Waals surface area contributed by atoms with Gasteiger partial charge in [0.05, 0.1) is 17.0 Å². The molecule has 2 aliphatic carbocycles. The number of hydrogen-bond acceptors (Lipinski definition) is 4. The molecular weight excluding hydrogens is 447 g/mol. The number of imidazole rings is 1. The smallest absolute Gasteiger partial charge is 0.301 e. The van der Waals surface area contributed by atoms with Gasteiger partial charge in [-0.1, -0.05) is 11.6 Å². The number of alkyl halides is 2. The number of nitrogens with zero attached hydrogens (tertiary/aromatic N) is 2. The maximum absolute atomic E-state index is 14.4. The number of rotatable bonds is 5. The Kier molecular flexibility index (Phi) is 5.80. The zero-order chi connectivity index (χ0) is 23.4. The first-order chi connectivity index (χ1) is 14.9. The van der Waals surface area contributed by atoms with Gasteiger partial charge in [0.15, 0.2) is 0 Å². The predicted octanol–water partition coefficient (Wildman–Crippen LogP) is 4.12. The SMILES string of the molecule is C[C@@H](O)C(F)(F)C1(O)CC2CC(c3ncn(C)c3C(=O)Nc3ccc(F)c(Cl)c3)CC2C1. The molecule has 2 saturated carbocycles. The van der Waals surface area contributed by atoms with Gasteiger partial charge in [0.1, 0.15) is 23.2 Å². The van der Waals surface area contributed by atoms with E-state index in [1.165, 1.54) is 18.5 Å². The van der Waals surface area contributed by atoms with Crippen LogP contribution in [0, 0.1) is 17.7 Å². The number of aliphatic hydroxyl groups is 2. The summed E-state index contributed by atoms with van der Waals surface area (Å²) < 4.78 is 43.8. The van der Waals surface area contributed by atoms with Crippen LogP contribution >= 0.6 is 11.6 Å². The molecule has 1 amide bonds. The molecule has 4 rings (SSSR count). The summed E-state index contributed by atoms with van der Waals surface area (Å²) in [5.41, 5.74) is -0.992. The molecule has 0 bridgehead atoms. The Labute approximate surface area is 188 Å². The molecule has 1 aromatic carbocycles. The third kappa shape index (κ3) is 3.80. The maximum Gasteiger partial charge on any atom is 0.301 e. The summed E-state index contributed by atoms with van der Waals surface area (Å²) in [7, 11) is 1.68. The molecule has 1 heterocycles. The second-order valence-corrected chi connectivity index (χ2v) is 9.51. The van der Waals surface area contributed by atoms with Gasteiger partial charge < -0.3 is 20.1 Å². The van der Waals surface area contributed by atoms with Gasteiger partial charge in [-0.15, -0.1) is 0 Å². The molecule has 2 aromatic rings. The fourth-order valence-electron chi connectivity index (χ4n) is 5.33. The number of carbonyl (C=O) groups is 1. The van der Waals surface area contributed by atoms with Crippen molar-refractivity contribution in [1.29, 1.82) is 0 Å². The van der Waals surface area contributed by atoms with Crippen LogP contribution < -0.4 is 5.32 Å². The van der Waals surface area contributed by atoms with E-state index in [4.69, 9.17) is 11.6 Å². The number of anilines is 1. The minimum absolute atomic E-state index is 0.103. The number of aliphatic hydroxyl groups excluding tert-OH is 1. The van der Waals surface area contributed by atoms with E-state index in [0.717, 1.165) is 13.0 Å². The molecule has 3 N–H and O–H groups in total. The fraction of sp³-hybridized carbons (Fsp3) is 0.545. The van der Waals surface area contributed by atoms with Gasteiger partial charge >= 0.3 is 5.92 Å². The number of aryl methyl sites for hydroxylation is 1. The molecule has 6 nitrogen and oxygen atoms in total. The Balaban J connectivity index is 1.50. The van der Waals surface area contributed by atoms with E-state index < -0.39 is 29.4 Å². The van der Waals surface area contributed by atoms with E-state index >= 15 is 0 Å². The Morgan fingerprint density at radius 1 is 1.34 bits per heavy atom. The average molecular weight is 472 g/mol. The van der Waals surface area contributed by atoms with Gasteiger partial charge in [0.2, 0.25) is 0 Å². The number of nitrogens with one attached hydrogen (secondary N) is 1. The standard InChI is InChI=1S/C22H25ClF3N3O3/c1-11(30)22(25,26)21(32)8-13-5-12(6-14(13)9-21)18-19(29(2)10-27-18)20(31)28-15-3-4-17(24)16(23)7-15/h3-4,7,10-14,30,32H,5-6,8-9H2,1-2H3,(H,28,31)/t11-,12?,13?,14?,21?/m1/s1. The molecule has 3 atom stereocenters. The highest BCUT2D eigenvalue weighted by Gasteiger charge is 2.62. The second-order valence-electron chi connectivity index (χ2n) is 9.10. The molecule has 174 valence electrons. The van der Waals surface area contributed by atoms with Crippen molar-refractivity contribution in [2.75, 3.05) is 5.32 Å². The molecule has 32 heavy (non-hydrogen) atoms. The Hall–Kier alpha value is -2.10. The third-order valence-corrected chi connectivity index (χ3v) is 7.22. The molecule has 0 aliphatic heterocycles. The predicted molar refractivity (Wildman–Crippen MR) is 112 cm³/mol. The van der Waals surface area contributed by atoms with Crippen LogP contribution in [0.15, 0.2) is 24.5 Å². The zero-order valence-corrected chi connectivity index (χ0v) is 18.4. The molecule has 2 aliphatic rings. The summed E-state index contributed by atoms with van der Waals surface area (Å²) in [5.74, 6) is -5.03. The van der Waals surface area contributed by atoms with Crippen LogP contribution in [0.2, 0.25) is 5.02 Å². The van der Waals surface area contributed by atoms with Crippen molar-refractivity contribution in [2.45, 2.75) is 56.2 Å². The number of hydrogen-bond donors (Lipinski definition) is 3. The normalized spacial score (nSPS) is 28.6. The number of halogens is 4. The lowest BCUT2D eigenvalue weighted by Crippen LogP contribution is -2.53. The Bertz CT molecular complexity index is 1030. The number of fused-ring (bicyclic) bond motifs is 1. The van der Waals surface area contributed by atoms with E-state index in [9.17, 15) is 28.2 Å². The van der Waals surface area contributed by atoms with Gasteiger partial charge in [0, 0.05) is 18.7 Å². The van der Waals surface area contributed by atoms with Crippen LogP contribution in [0.1, 0.15) is 54.7 Å². The van der Waals surface area contributed by atoms with Crippen molar-refractivity contribution in [3.8, 4) is 0 Å². The average Bonchev–Trinajstić information content (AvgIpc) is 3.35. The molecule has 10 heteroatoms. The lowest BCUT2D eigenvalue weighted by molar-refractivity contribution is -0.226. The summed E-state index contributed by atoms with van der Waals surface area (Å²) in [5, 5.41) is 22.6. The largest absolute Gasteiger partial charge is 0.387 e. The van der Waals surface area contributed by atoms with E-state index in [1.807, 2.05) is 0 Å². The first-order valence-electron chi connectivity index (χ1n) is 10.5. The summed E-state index contributed by atoms with van der Waals surface area (Å²) >= 11 is 5.78. The molecule has 0 radical (unpaired) electrons. The molecule has 2 fully saturated rings. The van der Waals surface area contributed by atoms with Crippen molar-refractivity contribution >= 4 is 23.2 Å². The Morgan fingerprint density at radius 3 is 2.53 bits per heavy atom. The van der Waals surface area contributed by atoms with Crippen LogP contribution in [-0.4, -0.2) is 43.3 Å². The van der Waals surface area contributed by atoms with Crippen molar-refractivity contribution < 1.29 is 28.2 Å². The summed E-state index contributed by atoms with van der Waals surface area (Å²) in [6.07, 6.45) is 0.412. The van der Waals surface area contributed by atoms with E-state index in [1.54, 1.807) is 11.6 Å². The molecule has 0 spiro atoms. The van der Waals surface area contributed by atoms with Gasteiger partial charge in [-0.3, -0.25) is 4.79 Å². The minimum atomic E-state index is -3.58. The first-order valence-corrected chi connectivity index (χ1v) is 10.9. The molecule has 1 aromatic heterocycles. The summed E-state index contributed by atoms with van der Waals surface area (Å²) in [6, 6.07) is 3.87. The van der Waals surface area contributed by atoms with E-state index in [2.05, 4.69) is 10.3 Å². The highest BCUT2D eigenvalue weighted by Crippen LogP contribution is 2.57. The number of benzene rings is 1. The van der Waals surface area contributed by atoms with Crippen LogP contribution in [-0.2, 0) is 7.05 Å². The number of aromatic nitrogens is 2. The van der Waals surface area contributed by atoms with Crippen LogP contribution in [0.3, 0.4) is 0 Å². The first kappa shape index (κ1) is 23.1. The van der Waals surface area contributed by atoms with Crippen LogP contribution in [0.5, 0.6) is 0 Å². The second kappa shape index (κ2) is 8.04. The Morgan fingerprint density at radius 2 is 1.97 bits per heavy atom. The summed E-state index contributed by atoms with van der Waals surface area (Å²) in [4.78, 5) is 17.3. The van der Waals surface area contributed by atoms with Crippen molar-refractivity contribution in [3.05, 3.63) is 46.8 Å². The minimum Gasteiger partial charge on any atom is -0.387 e. The molecule has 2 unspecified atom stereocenters. The van der Waals surface area contributed by atoms with Crippen molar-refractivity contribution in [1.82, 2.24) is 9.55 Å². The quantitative estimate of drug-likeness (QED) is 0.612. The highest BCUT2D eigenvalue weighted by molar-refractivity contribution is 6.31. The molecular formula is C22H25ClF3N3O3. The van der Waals surface area contributed by atoms with Gasteiger partial charge in [-0.05, 0) is 62.6 Å². The van der Waals surface area contributed by atoms with Crippen LogP contribution in [0.25, 0.3) is 0 Å². The highest BCUT2D eigenvalue weighted by atomic mass is 35.5. The zero-order valence-electron chi connectivity index (χ0n) is 17.7. The maximum atomic E-state index is 14.4. The van der Waals surface area contributed by atoms with Gasteiger partial charge in [-0.25, -0.2) is 18.2 Å². The third-order valence-electron chi connectivity index (χ3n) is 6.93. The lowest BCUT2D eigenvalue weighted by atomic mass is 9.85. The topological polar surface area (TPSA) is 87.4 Å². The monoisotopic (exact) mass is 471 g/mol. The fourth-order valence-corrected chi connectivity index (χ4v) is 5.52. The van der Waals surface area contributed by atoms with E-state index in [0.29, 0.717) is 29.9 Å².